The van der Waals surface area contributed by atoms with E-state index < -0.39 is 13.3 Å². The zero-order valence-corrected chi connectivity index (χ0v) is 12.3. The summed E-state index contributed by atoms with van der Waals surface area (Å²) in [7, 11) is 0. The van der Waals surface area contributed by atoms with Crippen LogP contribution < -0.4 is 56.3 Å². The van der Waals surface area contributed by atoms with E-state index in [1.807, 2.05) is 10.3 Å². The van der Waals surface area contributed by atoms with Gasteiger partial charge in [0.15, 0.2) is 5.13 Å². The van der Waals surface area contributed by atoms with Crippen molar-refractivity contribution in [2.24, 2.45) is 5.92 Å². The molecule has 78 valence electrons. The number of thiazole rings is 1. The molecule has 15 heavy (non-hydrogen) atoms. The number of halogens is 3. The van der Waals surface area contributed by atoms with E-state index in [9.17, 15) is 12.9 Å². The van der Waals surface area contributed by atoms with Crippen molar-refractivity contribution < 1.29 is 64.3 Å². The second-order valence-electron chi connectivity index (χ2n) is 3.53. The van der Waals surface area contributed by atoms with Crippen LogP contribution in [0.15, 0.2) is 11.6 Å². The van der Waals surface area contributed by atoms with Gasteiger partial charge in [0.05, 0.1) is 0 Å². The van der Waals surface area contributed by atoms with Crippen molar-refractivity contribution in [2.45, 2.75) is 6.32 Å². The molecule has 1 aliphatic heterocycles. The summed E-state index contributed by atoms with van der Waals surface area (Å²) in [4.78, 5) is 5.92. The third kappa shape index (κ3) is 4.01. The maximum Gasteiger partial charge on any atom is 1.00 e. The Hall–Kier alpha value is 0.921. The molecule has 1 aromatic rings. The van der Waals surface area contributed by atoms with E-state index in [2.05, 4.69) is 4.98 Å². The summed E-state index contributed by atoms with van der Waals surface area (Å²) in [5, 5.41) is 2.66. The minimum atomic E-state index is -4.62. The molecule has 0 amide bonds. The van der Waals surface area contributed by atoms with Crippen LogP contribution in [-0.2, 0) is 0 Å². The van der Waals surface area contributed by atoms with Gasteiger partial charge in [-0.25, -0.2) is 4.98 Å². The van der Waals surface area contributed by atoms with E-state index >= 15 is 0 Å². The quantitative estimate of drug-likeness (QED) is 0.677. The van der Waals surface area contributed by atoms with Crippen LogP contribution in [0.4, 0.5) is 18.1 Å². The van der Waals surface area contributed by atoms with Crippen LogP contribution in [0.1, 0.15) is 0 Å². The summed E-state index contributed by atoms with van der Waals surface area (Å²) < 4.78 is 36.1. The Labute approximate surface area is 133 Å². The van der Waals surface area contributed by atoms with Gasteiger partial charge in [-0.3, -0.25) is 0 Å². The summed E-state index contributed by atoms with van der Waals surface area (Å²) in [5.41, 5.74) is 0. The Morgan fingerprint density at radius 2 is 2.13 bits per heavy atom. The first kappa shape index (κ1) is 14.0. The van der Waals surface area contributed by atoms with Gasteiger partial charge in [0, 0.05) is 24.7 Å². The van der Waals surface area contributed by atoms with Crippen molar-refractivity contribution >= 4 is 23.4 Å². The van der Waals surface area contributed by atoms with Gasteiger partial charge in [-0.1, -0.05) is 6.32 Å². The molecular formula is C7H9BF3KN2S. The van der Waals surface area contributed by atoms with Crippen LogP contribution in [0.3, 0.4) is 0 Å². The van der Waals surface area contributed by atoms with E-state index in [1.54, 1.807) is 6.20 Å². The molecule has 2 nitrogen and oxygen atoms in total. The zero-order chi connectivity index (χ0) is 10.2. The Kier molecular flexibility index (Phi) is 5.13. The van der Waals surface area contributed by atoms with Crippen LogP contribution in [0.5, 0.6) is 0 Å². The van der Waals surface area contributed by atoms with E-state index in [-0.39, 0.29) is 57.3 Å². The fraction of sp³-hybridized carbons (Fsp3) is 0.571. The van der Waals surface area contributed by atoms with Crippen molar-refractivity contribution in [3.63, 3.8) is 0 Å². The molecule has 2 heterocycles. The maximum atomic E-state index is 12.0. The largest absolute Gasteiger partial charge is 1.00 e. The first-order valence-electron chi connectivity index (χ1n) is 4.40. The number of hydrogen-bond donors (Lipinski definition) is 0. The monoisotopic (exact) mass is 260 g/mol. The van der Waals surface area contributed by atoms with Gasteiger partial charge < -0.3 is 17.8 Å². The molecule has 1 aliphatic rings. The Morgan fingerprint density at radius 1 is 1.47 bits per heavy atom. The Morgan fingerprint density at radius 3 is 2.60 bits per heavy atom. The molecule has 0 spiro atoms. The molecule has 1 aromatic heterocycles. The van der Waals surface area contributed by atoms with Crippen LogP contribution in [0.2, 0.25) is 6.32 Å². The molecule has 0 N–H and O–H groups in total. The minimum Gasteiger partial charge on any atom is -0.449 e. The van der Waals surface area contributed by atoms with Crippen LogP contribution in [0.25, 0.3) is 0 Å². The average Bonchev–Trinajstić information content (AvgIpc) is 2.45. The summed E-state index contributed by atoms with van der Waals surface area (Å²) in [6, 6.07) is 0. The van der Waals surface area contributed by atoms with Gasteiger partial charge in [-0.2, -0.15) is 0 Å². The first-order valence-corrected chi connectivity index (χ1v) is 5.28. The fourth-order valence-electron chi connectivity index (χ4n) is 1.63. The standard InChI is InChI=1S/C7H9BF3N2S.K/c9-8(10,11)3-6-4-13(5-6)7-12-1-2-14-7;/h1-2,6H,3-5H2;/q-1;+1. The Bertz CT molecular complexity index is 300. The number of hydrogen-bond acceptors (Lipinski definition) is 3. The van der Waals surface area contributed by atoms with E-state index in [1.165, 1.54) is 11.3 Å². The van der Waals surface area contributed by atoms with Gasteiger partial charge in [0.1, 0.15) is 0 Å². The molecule has 0 unspecified atom stereocenters. The van der Waals surface area contributed by atoms with Crippen molar-refractivity contribution in [2.75, 3.05) is 18.0 Å². The van der Waals surface area contributed by atoms with Crippen LogP contribution in [0, 0.1) is 5.92 Å². The van der Waals surface area contributed by atoms with Gasteiger partial charge in [0.2, 0.25) is 0 Å². The van der Waals surface area contributed by atoms with Crippen molar-refractivity contribution in [3.8, 4) is 0 Å². The number of rotatable bonds is 3. The molecule has 0 bridgehead atoms. The predicted molar refractivity (Wildman–Crippen MR) is 51.7 cm³/mol. The second kappa shape index (κ2) is 5.50. The third-order valence-electron chi connectivity index (χ3n) is 2.25. The van der Waals surface area contributed by atoms with E-state index in [4.69, 9.17) is 0 Å². The van der Waals surface area contributed by atoms with E-state index in [0.29, 0.717) is 13.1 Å². The normalized spacial score (nSPS) is 17.1. The van der Waals surface area contributed by atoms with Crippen LogP contribution in [-0.4, -0.2) is 25.1 Å². The van der Waals surface area contributed by atoms with Crippen molar-refractivity contribution in [1.29, 1.82) is 0 Å². The molecule has 0 saturated carbocycles. The SMILES string of the molecule is F[B-](F)(F)CC1CN(c2nccs2)C1.[K+]. The molecular weight excluding hydrogens is 251 g/mol. The number of aromatic nitrogens is 1. The van der Waals surface area contributed by atoms with Gasteiger partial charge in [-0.05, 0) is 5.92 Å². The molecule has 0 radical (unpaired) electrons. The van der Waals surface area contributed by atoms with Gasteiger partial charge in [-0.15, -0.1) is 11.3 Å². The topological polar surface area (TPSA) is 16.1 Å². The van der Waals surface area contributed by atoms with Gasteiger partial charge >= 0.3 is 58.4 Å². The summed E-state index contributed by atoms with van der Waals surface area (Å²) in [5.74, 6) is -0.223. The summed E-state index contributed by atoms with van der Waals surface area (Å²) in [6.07, 6.45) is 1.06. The van der Waals surface area contributed by atoms with Crippen LogP contribution >= 0.6 is 11.3 Å². The minimum absolute atomic E-state index is 0. The summed E-state index contributed by atoms with van der Waals surface area (Å²) >= 11 is 1.47. The molecule has 1 fully saturated rings. The molecule has 2 rings (SSSR count). The molecule has 8 heteroatoms. The number of anilines is 1. The number of nitrogens with zero attached hydrogens (tertiary/aromatic N) is 2. The Balaban J connectivity index is 0.00000112. The first-order chi connectivity index (χ1) is 6.54. The molecule has 1 saturated heterocycles. The maximum absolute atomic E-state index is 12.0. The smallest absolute Gasteiger partial charge is 0.449 e. The predicted octanol–water partition coefficient (Wildman–Crippen LogP) is -0.569. The second-order valence-corrected chi connectivity index (χ2v) is 4.40. The fourth-order valence-corrected chi connectivity index (χ4v) is 2.29. The van der Waals surface area contributed by atoms with Crippen molar-refractivity contribution in [3.05, 3.63) is 11.6 Å². The van der Waals surface area contributed by atoms with Gasteiger partial charge in [0.25, 0.3) is 0 Å². The van der Waals surface area contributed by atoms with E-state index in [0.717, 1.165) is 5.13 Å². The molecule has 0 aliphatic carbocycles. The molecule has 0 atom stereocenters. The average molecular weight is 260 g/mol. The summed E-state index contributed by atoms with van der Waals surface area (Å²) in [6.45, 7) is -3.63. The molecule has 0 aromatic carbocycles. The van der Waals surface area contributed by atoms with Crippen molar-refractivity contribution in [1.82, 2.24) is 4.98 Å². The zero-order valence-electron chi connectivity index (χ0n) is 8.37. The third-order valence-corrected chi connectivity index (χ3v) is 3.08.